The van der Waals surface area contributed by atoms with E-state index in [0.29, 0.717) is 11.5 Å². The van der Waals surface area contributed by atoms with Gasteiger partial charge >= 0.3 is 11.9 Å². The molecule has 146 valence electrons. The summed E-state index contributed by atoms with van der Waals surface area (Å²) in [5, 5.41) is 3.15. The fraction of sp³-hybridized carbons (Fsp3) is 0.273. The Morgan fingerprint density at radius 3 is 1.46 bits per heavy atom. The summed E-state index contributed by atoms with van der Waals surface area (Å²) in [6.07, 6.45) is 0. The summed E-state index contributed by atoms with van der Waals surface area (Å²) in [6.45, 7) is 3.60. The summed E-state index contributed by atoms with van der Waals surface area (Å²) in [5.41, 5.74) is 2.15. The zero-order chi connectivity index (χ0) is 20.3. The molecule has 6 nitrogen and oxygen atoms in total. The molecule has 0 heterocycles. The Morgan fingerprint density at radius 1 is 0.714 bits per heavy atom. The number of esters is 2. The molecule has 6 heteroatoms. The number of benzene rings is 3. The van der Waals surface area contributed by atoms with Crippen molar-refractivity contribution in [2.45, 2.75) is 13.8 Å². The average Bonchev–Trinajstić information content (AvgIpc) is 2.71. The number of hydrogen-bond donors (Lipinski definition) is 0. The van der Waals surface area contributed by atoms with E-state index in [1.807, 2.05) is 50.2 Å². The molecule has 0 radical (unpaired) electrons. The molecule has 0 amide bonds. The number of carbonyl (C=O) groups is 2. The lowest BCUT2D eigenvalue weighted by Crippen LogP contribution is -2.14. The fourth-order valence-corrected chi connectivity index (χ4v) is 3.05. The molecule has 3 aromatic rings. The lowest BCUT2D eigenvalue weighted by Gasteiger charge is -2.18. The Balaban J connectivity index is 2.27. The quantitative estimate of drug-likeness (QED) is 0.478. The third-order valence-corrected chi connectivity index (χ3v) is 4.66. The molecule has 3 aromatic carbocycles. The van der Waals surface area contributed by atoms with Crippen molar-refractivity contribution in [3.63, 3.8) is 0 Å². The summed E-state index contributed by atoms with van der Waals surface area (Å²) in [6, 6.07) is 11.5. The van der Waals surface area contributed by atoms with Crippen LogP contribution in [-0.4, -0.2) is 39.4 Å². The molecule has 0 saturated carbocycles. The van der Waals surface area contributed by atoms with Gasteiger partial charge in [0.25, 0.3) is 0 Å². The molecule has 0 aromatic heterocycles. The van der Waals surface area contributed by atoms with Crippen molar-refractivity contribution in [1.82, 2.24) is 0 Å². The zero-order valence-corrected chi connectivity index (χ0v) is 16.3. The van der Waals surface area contributed by atoms with Crippen molar-refractivity contribution in [2.75, 3.05) is 27.4 Å². The van der Waals surface area contributed by atoms with Gasteiger partial charge in [0.15, 0.2) is 13.2 Å². The first-order chi connectivity index (χ1) is 13.5. The Hall–Kier alpha value is -3.28. The molecule has 0 N–H and O–H groups in total. The minimum atomic E-state index is -0.466. The van der Waals surface area contributed by atoms with Crippen LogP contribution in [0, 0.1) is 13.8 Å². The van der Waals surface area contributed by atoms with Crippen molar-refractivity contribution in [3.8, 4) is 11.5 Å². The second-order valence-corrected chi connectivity index (χ2v) is 6.42. The van der Waals surface area contributed by atoms with Crippen LogP contribution < -0.4 is 9.47 Å². The summed E-state index contributed by atoms with van der Waals surface area (Å²) in [4.78, 5) is 23.3. The van der Waals surface area contributed by atoms with E-state index >= 15 is 0 Å². The number of fused-ring (bicyclic) bond motifs is 2. The van der Waals surface area contributed by atoms with Crippen LogP contribution in [0.25, 0.3) is 21.5 Å². The van der Waals surface area contributed by atoms with Crippen LogP contribution >= 0.6 is 0 Å². The van der Waals surface area contributed by atoms with E-state index in [1.54, 1.807) is 0 Å². The van der Waals surface area contributed by atoms with Gasteiger partial charge in [-0.15, -0.1) is 0 Å². The average molecular weight is 382 g/mol. The topological polar surface area (TPSA) is 71.1 Å². The number of hydrogen-bond acceptors (Lipinski definition) is 6. The van der Waals surface area contributed by atoms with Crippen molar-refractivity contribution in [3.05, 3.63) is 47.5 Å². The van der Waals surface area contributed by atoms with Gasteiger partial charge in [-0.25, -0.2) is 9.59 Å². The Labute approximate surface area is 162 Å². The van der Waals surface area contributed by atoms with Crippen LogP contribution in [0.2, 0.25) is 0 Å². The fourth-order valence-electron chi connectivity index (χ4n) is 3.05. The van der Waals surface area contributed by atoms with E-state index in [1.165, 1.54) is 14.2 Å². The highest BCUT2D eigenvalue weighted by atomic mass is 16.6. The van der Waals surface area contributed by atoms with E-state index in [9.17, 15) is 9.59 Å². The maximum Gasteiger partial charge on any atom is 0.343 e. The van der Waals surface area contributed by atoms with Crippen LogP contribution in [0.15, 0.2) is 36.4 Å². The molecule has 0 aliphatic heterocycles. The first kappa shape index (κ1) is 19.5. The van der Waals surface area contributed by atoms with Gasteiger partial charge in [-0.2, -0.15) is 0 Å². The third-order valence-electron chi connectivity index (χ3n) is 4.66. The standard InChI is InChI=1S/C22H22O6/c1-13-9-17-18(10-14(13)2)22(28-12-20(24)26-4)16-8-6-5-7-15(16)21(17)27-11-19(23)25-3/h5-10H,11-12H2,1-4H3. The van der Waals surface area contributed by atoms with Crippen molar-refractivity contribution in [1.29, 1.82) is 0 Å². The smallest absolute Gasteiger partial charge is 0.343 e. The second-order valence-electron chi connectivity index (χ2n) is 6.42. The normalized spacial score (nSPS) is 10.7. The van der Waals surface area contributed by atoms with Gasteiger partial charge in [0, 0.05) is 21.5 Å². The van der Waals surface area contributed by atoms with Crippen LogP contribution in [0.4, 0.5) is 0 Å². The van der Waals surface area contributed by atoms with Gasteiger partial charge < -0.3 is 18.9 Å². The summed E-state index contributed by atoms with van der Waals surface area (Å²) >= 11 is 0. The number of carbonyl (C=O) groups excluding carboxylic acids is 2. The summed E-state index contributed by atoms with van der Waals surface area (Å²) in [7, 11) is 2.64. The van der Waals surface area contributed by atoms with Gasteiger partial charge in [0.2, 0.25) is 0 Å². The van der Waals surface area contributed by atoms with Crippen molar-refractivity contribution < 1.29 is 28.5 Å². The predicted molar refractivity (Wildman–Crippen MR) is 106 cm³/mol. The molecule has 0 aliphatic rings. The first-order valence-corrected chi connectivity index (χ1v) is 8.81. The van der Waals surface area contributed by atoms with E-state index in [4.69, 9.17) is 18.9 Å². The molecule has 3 rings (SSSR count). The lowest BCUT2D eigenvalue weighted by molar-refractivity contribution is -0.143. The molecular weight excluding hydrogens is 360 g/mol. The maximum atomic E-state index is 11.6. The molecule has 0 unspecified atom stereocenters. The predicted octanol–water partition coefficient (Wildman–Crippen LogP) is 3.71. The van der Waals surface area contributed by atoms with Gasteiger partial charge in [-0.1, -0.05) is 24.3 Å². The molecule has 0 saturated heterocycles. The number of aryl methyl sites for hydroxylation is 2. The SMILES string of the molecule is COC(=O)COc1c2ccccc2c(OCC(=O)OC)c2cc(C)c(C)cc12. The molecule has 0 bridgehead atoms. The molecule has 0 atom stereocenters. The van der Waals surface area contributed by atoms with Crippen LogP contribution in [0.1, 0.15) is 11.1 Å². The summed E-state index contributed by atoms with van der Waals surface area (Å²) in [5.74, 6) is 0.216. The molecule has 28 heavy (non-hydrogen) atoms. The highest BCUT2D eigenvalue weighted by Gasteiger charge is 2.19. The van der Waals surface area contributed by atoms with Gasteiger partial charge in [0.05, 0.1) is 14.2 Å². The van der Waals surface area contributed by atoms with E-state index in [0.717, 1.165) is 32.7 Å². The van der Waals surface area contributed by atoms with Crippen LogP contribution in [0.5, 0.6) is 11.5 Å². The number of rotatable bonds is 6. The molecule has 0 spiro atoms. The zero-order valence-electron chi connectivity index (χ0n) is 16.3. The highest BCUT2D eigenvalue weighted by Crippen LogP contribution is 2.43. The minimum Gasteiger partial charge on any atom is -0.481 e. The van der Waals surface area contributed by atoms with E-state index in [-0.39, 0.29) is 13.2 Å². The molecular formula is C22H22O6. The largest absolute Gasteiger partial charge is 0.481 e. The van der Waals surface area contributed by atoms with E-state index < -0.39 is 11.9 Å². The summed E-state index contributed by atoms with van der Waals surface area (Å²) < 4.78 is 21.1. The van der Waals surface area contributed by atoms with Crippen molar-refractivity contribution >= 4 is 33.5 Å². The van der Waals surface area contributed by atoms with Gasteiger partial charge in [0.1, 0.15) is 11.5 Å². The third kappa shape index (κ3) is 3.71. The van der Waals surface area contributed by atoms with Crippen molar-refractivity contribution in [2.24, 2.45) is 0 Å². The second kappa shape index (κ2) is 8.17. The Morgan fingerprint density at radius 2 is 1.11 bits per heavy atom. The van der Waals surface area contributed by atoms with Gasteiger partial charge in [-0.05, 0) is 37.1 Å². The first-order valence-electron chi connectivity index (χ1n) is 8.81. The highest BCUT2D eigenvalue weighted by molar-refractivity contribution is 6.11. The lowest BCUT2D eigenvalue weighted by atomic mass is 9.96. The minimum absolute atomic E-state index is 0.203. The monoisotopic (exact) mass is 382 g/mol. The Bertz CT molecular complexity index is 970. The van der Waals surface area contributed by atoms with Gasteiger partial charge in [-0.3, -0.25) is 0 Å². The Kier molecular flexibility index (Phi) is 5.68. The van der Waals surface area contributed by atoms with Crippen LogP contribution in [-0.2, 0) is 19.1 Å². The number of ether oxygens (including phenoxy) is 4. The van der Waals surface area contributed by atoms with Crippen LogP contribution in [0.3, 0.4) is 0 Å². The maximum absolute atomic E-state index is 11.6. The van der Waals surface area contributed by atoms with E-state index in [2.05, 4.69) is 0 Å². The molecule has 0 fully saturated rings. The molecule has 0 aliphatic carbocycles. The number of methoxy groups -OCH3 is 2.